The Morgan fingerprint density at radius 3 is 2.67 bits per heavy atom. The minimum atomic E-state index is -0.296. The van der Waals surface area contributed by atoms with E-state index in [0.717, 1.165) is 42.7 Å². The van der Waals surface area contributed by atoms with Crippen LogP contribution >= 0.6 is 0 Å². The summed E-state index contributed by atoms with van der Waals surface area (Å²) in [5.74, 6) is 1.16. The Kier molecular flexibility index (Phi) is 3.67. The topological polar surface area (TPSA) is 84.7 Å². The molecule has 1 aliphatic rings. The van der Waals surface area contributed by atoms with E-state index in [0.29, 0.717) is 23.6 Å². The highest BCUT2D eigenvalue weighted by Crippen LogP contribution is 2.23. The van der Waals surface area contributed by atoms with Crippen LogP contribution in [0.4, 0.5) is 0 Å². The van der Waals surface area contributed by atoms with E-state index in [9.17, 15) is 9.59 Å². The summed E-state index contributed by atoms with van der Waals surface area (Å²) in [5.41, 5.74) is 0.352. The average Bonchev–Trinajstić information content (AvgIpc) is 2.95. The van der Waals surface area contributed by atoms with Crippen LogP contribution in [-0.2, 0) is 13.6 Å². The second-order valence-electron chi connectivity index (χ2n) is 5.64. The highest BCUT2D eigenvalue weighted by Gasteiger charge is 2.21. The number of aromatic nitrogens is 4. The summed E-state index contributed by atoms with van der Waals surface area (Å²) in [6, 6.07) is 0. The fourth-order valence-corrected chi connectivity index (χ4v) is 2.97. The molecule has 0 aliphatic carbocycles. The Hall–Kier alpha value is -1.89. The first kappa shape index (κ1) is 14.1. The molecule has 0 spiro atoms. The maximum Gasteiger partial charge on any atom is 0.332 e. The molecule has 2 N–H and O–H groups in total. The molecule has 3 heterocycles. The van der Waals surface area contributed by atoms with Crippen LogP contribution in [0, 0.1) is 0 Å². The maximum atomic E-state index is 12.3. The molecule has 2 aromatic rings. The Bertz CT molecular complexity index is 764. The lowest BCUT2D eigenvalue weighted by Crippen LogP contribution is -2.38. The van der Waals surface area contributed by atoms with Gasteiger partial charge in [-0.2, -0.15) is 0 Å². The van der Waals surface area contributed by atoms with Gasteiger partial charge in [-0.25, -0.2) is 9.78 Å². The number of hydrogen-bond acceptors (Lipinski definition) is 4. The summed E-state index contributed by atoms with van der Waals surface area (Å²) in [4.78, 5) is 32.3. The van der Waals surface area contributed by atoms with Crippen molar-refractivity contribution in [2.75, 3.05) is 13.1 Å². The summed E-state index contributed by atoms with van der Waals surface area (Å²) in [6.07, 6.45) is 2.82. The van der Waals surface area contributed by atoms with Crippen LogP contribution in [0.2, 0.25) is 0 Å². The molecule has 3 rings (SSSR count). The smallest absolute Gasteiger partial charge is 0.332 e. The zero-order valence-corrected chi connectivity index (χ0v) is 12.5. The van der Waals surface area contributed by atoms with E-state index in [1.54, 1.807) is 4.57 Å². The molecule has 0 aromatic carbocycles. The standard InChI is InChI=1S/C14H21N5O2/c1-3-8-19-12-10(13(20)18(2)14(19)21)16-11(17-12)9-4-6-15-7-5-9/h9,15H,3-8H2,1-2H3,(H,16,17). The SMILES string of the molecule is CCCn1c(=O)n(C)c(=O)c2[nH]c(C3CCNCC3)nc21. The molecule has 1 aliphatic heterocycles. The van der Waals surface area contributed by atoms with Crippen molar-refractivity contribution in [3.05, 3.63) is 26.7 Å². The molecule has 0 unspecified atom stereocenters. The van der Waals surface area contributed by atoms with Gasteiger partial charge in [0.2, 0.25) is 0 Å². The number of H-pyrrole nitrogens is 1. The molecule has 0 bridgehead atoms. The van der Waals surface area contributed by atoms with Gasteiger partial charge in [0.25, 0.3) is 5.56 Å². The predicted octanol–water partition coefficient (Wildman–Crippen LogP) is 0.300. The van der Waals surface area contributed by atoms with Crippen LogP contribution in [0.15, 0.2) is 9.59 Å². The largest absolute Gasteiger partial charge is 0.336 e. The molecule has 7 nitrogen and oxygen atoms in total. The molecular formula is C14H21N5O2. The van der Waals surface area contributed by atoms with Crippen LogP contribution < -0.4 is 16.6 Å². The van der Waals surface area contributed by atoms with Crippen molar-refractivity contribution in [3.8, 4) is 0 Å². The van der Waals surface area contributed by atoms with Gasteiger partial charge in [-0.05, 0) is 32.4 Å². The van der Waals surface area contributed by atoms with E-state index in [4.69, 9.17) is 0 Å². The van der Waals surface area contributed by atoms with E-state index in [1.807, 2.05) is 6.92 Å². The van der Waals surface area contributed by atoms with Gasteiger partial charge >= 0.3 is 5.69 Å². The molecular weight excluding hydrogens is 270 g/mol. The number of nitrogens with zero attached hydrogens (tertiary/aromatic N) is 3. The first-order valence-corrected chi connectivity index (χ1v) is 7.53. The number of imidazole rings is 1. The fourth-order valence-electron chi connectivity index (χ4n) is 2.97. The lowest BCUT2D eigenvalue weighted by molar-refractivity contribution is 0.447. The van der Waals surface area contributed by atoms with Crippen LogP contribution in [0.3, 0.4) is 0 Å². The number of fused-ring (bicyclic) bond motifs is 1. The number of nitrogens with one attached hydrogen (secondary N) is 2. The minimum absolute atomic E-state index is 0.294. The molecule has 0 radical (unpaired) electrons. The predicted molar refractivity (Wildman–Crippen MR) is 80.7 cm³/mol. The number of hydrogen-bond donors (Lipinski definition) is 2. The number of piperidine rings is 1. The lowest BCUT2D eigenvalue weighted by Gasteiger charge is -2.20. The first-order chi connectivity index (χ1) is 10.1. The summed E-state index contributed by atoms with van der Waals surface area (Å²) in [5, 5.41) is 3.32. The Morgan fingerprint density at radius 2 is 2.00 bits per heavy atom. The van der Waals surface area contributed by atoms with E-state index in [-0.39, 0.29) is 11.2 Å². The summed E-state index contributed by atoms with van der Waals surface area (Å²) in [7, 11) is 1.52. The molecule has 2 aromatic heterocycles. The van der Waals surface area contributed by atoms with Crippen molar-refractivity contribution in [3.63, 3.8) is 0 Å². The number of aryl methyl sites for hydroxylation is 1. The number of aromatic amines is 1. The van der Waals surface area contributed by atoms with E-state index in [1.165, 1.54) is 7.05 Å². The van der Waals surface area contributed by atoms with Crippen LogP contribution in [0.1, 0.15) is 37.9 Å². The summed E-state index contributed by atoms with van der Waals surface area (Å²) >= 11 is 0. The Morgan fingerprint density at radius 1 is 1.29 bits per heavy atom. The van der Waals surface area contributed by atoms with Gasteiger partial charge in [0.15, 0.2) is 5.65 Å². The van der Waals surface area contributed by atoms with Crippen molar-refractivity contribution in [2.45, 2.75) is 38.6 Å². The quantitative estimate of drug-likeness (QED) is 0.852. The van der Waals surface area contributed by atoms with E-state index in [2.05, 4.69) is 15.3 Å². The second-order valence-corrected chi connectivity index (χ2v) is 5.64. The third kappa shape index (κ3) is 2.31. The van der Waals surface area contributed by atoms with E-state index >= 15 is 0 Å². The third-order valence-electron chi connectivity index (χ3n) is 4.17. The molecule has 0 saturated carbocycles. The van der Waals surface area contributed by atoms with Crippen molar-refractivity contribution in [1.29, 1.82) is 0 Å². The van der Waals surface area contributed by atoms with Gasteiger partial charge in [0.05, 0.1) is 0 Å². The molecule has 1 saturated heterocycles. The van der Waals surface area contributed by atoms with Crippen LogP contribution in [0.25, 0.3) is 11.2 Å². The zero-order valence-electron chi connectivity index (χ0n) is 12.5. The highest BCUT2D eigenvalue weighted by atomic mass is 16.2. The van der Waals surface area contributed by atoms with Gasteiger partial charge in [0.1, 0.15) is 11.3 Å². The van der Waals surface area contributed by atoms with Crippen molar-refractivity contribution in [1.82, 2.24) is 24.4 Å². The van der Waals surface area contributed by atoms with E-state index < -0.39 is 0 Å². The average molecular weight is 291 g/mol. The molecule has 1 fully saturated rings. The summed E-state index contributed by atoms with van der Waals surface area (Å²) in [6.45, 7) is 4.49. The Labute approximate surface area is 122 Å². The minimum Gasteiger partial charge on any atom is -0.336 e. The monoisotopic (exact) mass is 291 g/mol. The molecule has 0 atom stereocenters. The molecule has 114 valence electrons. The van der Waals surface area contributed by atoms with Crippen molar-refractivity contribution in [2.24, 2.45) is 7.05 Å². The normalized spacial score (nSPS) is 16.7. The summed E-state index contributed by atoms with van der Waals surface area (Å²) < 4.78 is 2.75. The van der Waals surface area contributed by atoms with Gasteiger partial charge in [-0.3, -0.25) is 13.9 Å². The fraction of sp³-hybridized carbons (Fsp3) is 0.643. The lowest BCUT2D eigenvalue weighted by atomic mass is 9.98. The molecule has 0 amide bonds. The van der Waals surface area contributed by atoms with Gasteiger partial charge in [0, 0.05) is 19.5 Å². The molecule has 7 heteroatoms. The number of rotatable bonds is 3. The second kappa shape index (κ2) is 5.48. The molecule has 21 heavy (non-hydrogen) atoms. The zero-order chi connectivity index (χ0) is 15.0. The highest BCUT2D eigenvalue weighted by molar-refractivity contribution is 5.70. The first-order valence-electron chi connectivity index (χ1n) is 7.53. The third-order valence-corrected chi connectivity index (χ3v) is 4.17. The van der Waals surface area contributed by atoms with Gasteiger partial charge in [-0.1, -0.05) is 6.92 Å². The van der Waals surface area contributed by atoms with Gasteiger partial charge < -0.3 is 10.3 Å². The van der Waals surface area contributed by atoms with Crippen molar-refractivity contribution < 1.29 is 0 Å². The van der Waals surface area contributed by atoms with Crippen LogP contribution in [0.5, 0.6) is 0 Å². The van der Waals surface area contributed by atoms with Gasteiger partial charge in [-0.15, -0.1) is 0 Å². The Balaban J connectivity index is 2.19. The maximum absolute atomic E-state index is 12.3. The van der Waals surface area contributed by atoms with Crippen LogP contribution in [-0.4, -0.2) is 32.2 Å². The van der Waals surface area contributed by atoms with Crippen molar-refractivity contribution >= 4 is 11.2 Å².